The number of ketones is 1. The second-order valence-corrected chi connectivity index (χ2v) is 7.30. The van der Waals surface area contributed by atoms with Gasteiger partial charge in [-0.1, -0.05) is 17.7 Å². The smallest absolute Gasteiger partial charge is 0.251 e. The molecule has 0 aromatic heterocycles. The molecule has 2 aromatic rings. The van der Waals surface area contributed by atoms with Crippen molar-refractivity contribution in [1.29, 1.82) is 0 Å². The Kier molecular flexibility index (Phi) is 6.65. The molecule has 1 aliphatic rings. The number of likely N-dealkylation sites (tertiary alicyclic amines) is 1. The van der Waals surface area contributed by atoms with Crippen LogP contribution in [0.3, 0.4) is 0 Å². The van der Waals surface area contributed by atoms with Crippen molar-refractivity contribution < 1.29 is 19.1 Å². The van der Waals surface area contributed by atoms with E-state index in [4.69, 9.17) is 4.74 Å². The number of rotatable bonds is 6. The zero-order chi connectivity index (χ0) is 20.8. The lowest BCUT2D eigenvalue weighted by molar-refractivity contribution is -0.131. The summed E-state index contributed by atoms with van der Waals surface area (Å²) in [5.74, 6) is 0.348. The van der Waals surface area contributed by atoms with Crippen molar-refractivity contribution >= 4 is 17.6 Å². The number of nitrogens with zero attached hydrogens (tertiary/aromatic N) is 1. The highest BCUT2D eigenvalue weighted by Crippen LogP contribution is 2.23. The molecule has 6 heteroatoms. The second kappa shape index (κ2) is 9.37. The highest BCUT2D eigenvalue weighted by molar-refractivity contribution is 5.98. The number of hydrogen-bond acceptors (Lipinski definition) is 4. The Labute approximate surface area is 170 Å². The fourth-order valence-electron chi connectivity index (χ4n) is 3.46. The molecule has 0 aliphatic carbocycles. The maximum absolute atomic E-state index is 12.7. The number of piperidine rings is 1. The van der Waals surface area contributed by atoms with Crippen molar-refractivity contribution in [3.8, 4) is 5.75 Å². The number of carbonyl (C=O) groups is 3. The van der Waals surface area contributed by atoms with Gasteiger partial charge in [-0.2, -0.15) is 0 Å². The van der Waals surface area contributed by atoms with Gasteiger partial charge in [-0.25, -0.2) is 0 Å². The predicted octanol–water partition coefficient (Wildman–Crippen LogP) is 2.85. The third-order valence-electron chi connectivity index (χ3n) is 5.31. The molecular formula is C23H26N2O4. The Morgan fingerprint density at radius 1 is 0.966 bits per heavy atom. The average Bonchev–Trinajstić information content (AvgIpc) is 2.77. The van der Waals surface area contributed by atoms with Gasteiger partial charge in [0.2, 0.25) is 5.91 Å². The Hall–Kier alpha value is -3.15. The molecule has 6 nitrogen and oxygen atoms in total. The van der Waals surface area contributed by atoms with Gasteiger partial charge in [0.05, 0.1) is 13.7 Å². The topological polar surface area (TPSA) is 75.7 Å². The van der Waals surface area contributed by atoms with Crippen LogP contribution in [-0.4, -0.2) is 49.2 Å². The van der Waals surface area contributed by atoms with E-state index in [1.54, 1.807) is 48.4 Å². The van der Waals surface area contributed by atoms with Crippen LogP contribution in [0, 0.1) is 12.8 Å². The van der Waals surface area contributed by atoms with Crippen LogP contribution < -0.4 is 10.1 Å². The number of methoxy groups -OCH3 is 1. The number of carbonyl (C=O) groups excluding carboxylic acids is 3. The van der Waals surface area contributed by atoms with Gasteiger partial charge in [0, 0.05) is 30.1 Å². The molecule has 0 radical (unpaired) electrons. The molecule has 29 heavy (non-hydrogen) atoms. The second-order valence-electron chi connectivity index (χ2n) is 7.30. The van der Waals surface area contributed by atoms with E-state index in [0.717, 1.165) is 11.3 Å². The Bertz CT molecular complexity index is 867. The van der Waals surface area contributed by atoms with Gasteiger partial charge < -0.3 is 15.0 Å². The van der Waals surface area contributed by atoms with E-state index >= 15 is 0 Å². The zero-order valence-electron chi connectivity index (χ0n) is 16.8. The van der Waals surface area contributed by atoms with Gasteiger partial charge >= 0.3 is 0 Å². The molecular weight excluding hydrogens is 368 g/mol. The SMILES string of the molecule is COc1ccc(C(=O)C2CCN(C(=O)CNC(=O)c3ccc(C)cc3)CC2)cc1. The Morgan fingerprint density at radius 2 is 1.55 bits per heavy atom. The molecule has 1 aliphatic heterocycles. The van der Waals surface area contributed by atoms with Crippen molar-refractivity contribution in [2.24, 2.45) is 5.92 Å². The quantitative estimate of drug-likeness (QED) is 0.765. The molecule has 0 saturated carbocycles. The van der Waals surface area contributed by atoms with Crippen molar-refractivity contribution in [3.63, 3.8) is 0 Å². The number of ether oxygens (including phenoxy) is 1. The highest BCUT2D eigenvalue weighted by atomic mass is 16.5. The van der Waals surface area contributed by atoms with Crippen LogP contribution in [0.25, 0.3) is 0 Å². The molecule has 2 aromatic carbocycles. The normalized spacial score (nSPS) is 14.3. The van der Waals surface area contributed by atoms with E-state index in [1.807, 2.05) is 19.1 Å². The number of benzene rings is 2. The summed E-state index contributed by atoms with van der Waals surface area (Å²) in [5.41, 5.74) is 2.28. The van der Waals surface area contributed by atoms with Gasteiger partial charge in [-0.05, 0) is 56.2 Å². The number of amides is 2. The Balaban J connectivity index is 1.46. The highest BCUT2D eigenvalue weighted by Gasteiger charge is 2.28. The summed E-state index contributed by atoms with van der Waals surface area (Å²) in [6.07, 6.45) is 1.25. The summed E-state index contributed by atoms with van der Waals surface area (Å²) < 4.78 is 5.12. The van der Waals surface area contributed by atoms with E-state index in [2.05, 4.69) is 5.32 Å². The summed E-state index contributed by atoms with van der Waals surface area (Å²) in [4.78, 5) is 39.0. The minimum Gasteiger partial charge on any atom is -0.497 e. The van der Waals surface area contributed by atoms with Crippen molar-refractivity contribution in [3.05, 3.63) is 65.2 Å². The molecule has 0 bridgehead atoms. The van der Waals surface area contributed by atoms with Crippen molar-refractivity contribution in [1.82, 2.24) is 10.2 Å². The first kappa shape index (κ1) is 20.6. The van der Waals surface area contributed by atoms with Crippen LogP contribution in [0.4, 0.5) is 0 Å². The molecule has 0 unspecified atom stereocenters. The van der Waals surface area contributed by atoms with Crippen LogP contribution in [-0.2, 0) is 4.79 Å². The molecule has 1 fully saturated rings. The van der Waals surface area contributed by atoms with Gasteiger partial charge in [0.15, 0.2) is 5.78 Å². The number of hydrogen-bond donors (Lipinski definition) is 1. The lowest BCUT2D eigenvalue weighted by Crippen LogP contribution is -2.45. The third kappa shape index (κ3) is 5.22. The number of nitrogens with one attached hydrogen (secondary N) is 1. The zero-order valence-corrected chi connectivity index (χ0v) is 16.8. The van der Waals surface area contributed by atoms with Gasteiger partial charge in [-0.15, -0.1) is 0 Å². The van der Waals surface area contributed by atoms with Crippen molar-refractivity contribution in [2.75, 3.05) is 26.7 Å². The fourth-order valence-corrected chi connectivity index (χ4v) is 3.46. The lowest BCUT2D eigenvalue weighted by Gasteiger charge is -2.31. The first-order valence-corrected chi connectivity index (χ1v) is 9.79. The average molecular weight is 394 g/mol. The van der Waals surface area contributed by atoms with E-state index in [1.165, 1.54) is 0 Å². The third-order valence-corrected chi connectivity index (χ3v) is 5.31. The molecule has 0 atom stereocenters. The summed E-state index contributed by atoms with van der Waals surface area (Å²) in [5, 5.41) is 2.68. The largest absolute Gasteiger partial charge is 0.497 e. The van der Waals surface area contributed by atoms with Crippen molar-refractivity contribution in [2.45, 2.75) is 19.8 Å². The van der Waals surface area contributed by atoms with Crippen LogP contribution in [0.15, 0.2) is 48.5 Å². The lowest BCUT2D eigenvalue weighted by atomic mass is 9.89. The van der Waals surface area contributed by atoms with Crippen LogP contribution in [0.2, 0.25) is 0 Å². The van der Waals surface area contributed by atoms with Crippen LogP contribution in [0.1, 0.15) is 39.1 Å². The molecule has 1 heterocycles. The number of Topliss-reactive ketones (excluding diaryl/α,β-unsaturated/α-hetero) is 1. The molecule has 1 N–H and O–H groups in total. The standard InChI is InChI=1S/C23H26N2O4/c1-16-3-5-19(6-4-16)23(28)24-15-21(26)25-13-11-18(12-14-25)22(27)17-7-9-20(29-2)10-8-17/h3-10,18H,11-15H2,1-2H3,(H,24,28). The summed E-state index contributed by atoms with van der Waals surface area (Å²) in [6, 6.07) is 14.3. The van der Waals surface area contributed by atoms with Gasteiger partial charge in [0.1, 0.15) is 5.75 Å². The van der Waals surface area contributed by atoms with Gasteiger partial charge in [-0.3, -0.25) is 14.4 Å². The molecule has 1 saturated heterocycles. The molecule has 3 rings (SSSR count). The first-order chi connectivity index (χ1) is 14.0. The number of aryl methyl sites for hydroxylation is 1. The van der Waals surface area contributed by atoms with Gasteiger partial charge in [0.25, 0.3) is 5.91 Å². The van der Waals surface area contributed by atoms with Crippen LogP contribution in [0.5, 0.6) is 5.75 Å². The molecule has 0 spiro atoms. The molecule has 152 valence electrons. The monoisotopic (exact) mass is 394 g/mol. The fraction of sp³-hybridized carbons (Fsp3) is 0.348. The van der Waals surface area contributed by atoms with Crippen LogP contribution >= 0.6 is 0 Å². The first-order valence-electron chi connectivity index (χ1n) is 9.79. The minimum atomic E-state index is -0.261. The van der Waals surface area contributed by atoms with E-state index in [-0.39, 0.29) is 30.1 Å². The van der Waals surface area contributed by atoms with E-state index in [9.17, 15) is 14.4 Å². The van der Waals surface area contributed by atoms with E-state index in [0.29, 0.717) is 37.1 Å². The minimum absolute atomic E-state index is 0.0379. The maximum Gasteiger partial charge on any atom is 0.251 e. The van der Waals surface area contributed by atoms with E-state index < -0.39 is 0 Å². The predicted molar refractivity (Wildman–Crippen MR) is 110 cm³/mol. The maximum atomic E-state index is 12.7. The summed E-state index contributed by atoms with van der Waals surface area (Å²) in [7, 11) is 1.59. The summed E-state index contributed by atoms with van der Waals surface area (Å²) >= 11 is 0. The Morgan fingerprint density at radius 3 is 2.14 bits per heavy atom. The molecule has 2 amide bonds. The summed E-state index contributed by atoms with van der Waals surface area (Å²) in [6.45, 7) is 2.95.